The van der Waals surface area contributed by atoms with Gasteiger partial charge in [0.1, 0.15) is 0 Å². The van der Waals surface area contributed by atoms with Crippen LogP contribution in [0.5, 0.6) is 0 Å². The molecule has 1 aromatic rings. The fraction of sp³-hybridized carbons (Fsp3) is 0.562. The number of nitrogens with one attached hydrogen (secondary N) is 2. The van der Waals surface area contributed by atoms with Crippen LogP contribution >= 0.6 is 24.0 Å². The quantitative estimate of drug-likeness (QED) is 0.463. The first-order valence-electron chi connectivity index (χ1n) is 7.50. The fourth-order valence-electron chi connectivity index (χ4n) is 2.81. The van der Waals surface area contributed by atoms with Crippen molar-refractivity contribution in [3.8, 4) is 0 Å². The highest BCUT2D eigenvalue weighted by molar-refractivity contribution is 14.0. The molecule has 1 saturated heterocycles. The lowest BCUT2D eigenvalue weighted by Crippen LogP contribution is -2.42. The van der Waals surface area contributed by atoms with Crippen molar-refractivity contribution in [2.45, 2.75) is 37.3 Å². The molecule has 21 heavy (non-hydrogen) atoms. The Hall–Kier alpha value is -0.820. The molecule has 2 N–H and O–H groups in total. The molecule has 1 aromatic carbocycles. The Bertz CT molecular complexity index is 460. The lowest BCUT2D eigenvalue weighted by atomic mass is 10.1. The molecular weight excluding hydrogens is 377 g/mol. The zero-order chi connectivity index (χ0) is 13.8. The zero-order valence-electron chi connectivity index (χ0n) is 12.4. The van der Waals surface area contributed by atoms with Gasteiger partial charge in [-0.2, -0.15) is 0 Å². The normalized spacial score (nSPS) is 27.9. The Balaban J connectivity index is 0.00000161. The number of hydrogen-bond acceptors (Lipinski definition) is 2. The molecular formula is C16H24IN3O. The summed E-state index contributed by atoms with van der Waals surface area (Å²) in [6.45, 7) is 1.75. The van der Waals surface area contributed by atoms with Crippen LogP contribution < -0.4 is 10.6 Å². The molecule has 0 spiro atoms. The summed E-state index contributed by atoms with van der Waals surface area (Å²) in [5, 5.41) is 6.87. The van der Waals surface area contributed by atoms with Gasteiger partial charge in [-0.3, -0.25) is 4.99 Å². The minimum absolute atomic E-state index is 0. The Morgan fingerprint density at radius 3 is 2.81 bits per heavy atom. The van der Waals surface area contributed by atoms with Gasteiger partial charge in [0.2, 0.25) is 0 Å². The number of hydrogen-bond donors (Lipinski definition) is 2. The number of ether oxygens (including phenoxy) is 1. The molecule has 2 aliphatic rings. The van der Waals surface area contributed by atoms with E-state index >= 15 is 0 Å². The lowest BCUT2D eigenvalue weighted by Gasteiger charge is -2.15. The van der Waals surface area contributed by atoms with E-state index in [0.29, 0.717) is 18.1 Å². The van der Waals surface area contributed by atoms with E-state index in [4.69, 9.17) is 4.74 Å². The molecule has 3 atom stereocenters. The van der Waals surface area contributed by atoms with E-state index in [0.717, 1.165) is 25.5 Å². The summed E-state index contributed by atoms with van der Waals surface area (Å²) >= 11 is 0. The van der Waals surface area contributed by atoms with Gasteiger partial charge in [0, 0.05) is 32.2 Å². The molecule has 1 saturated carbocycles. The second kappa shape index (κ2) is 7.98. The molecule has 0 amide bonds. The first-order chi connectivity index (χ1) is 9.86. The van der Waals surface area contributed by atoms with Crippen molar-refractivity contribution in [2.75, 3.05) is 20.2 Å². The highest BCUT2D eigenvalue weighted by Crippen LogP contribution is 2.40. The molecule has 4 nitrogen and oxygen atoms in total. The maximum Gasteiger partial charge on any atom is 0.191 e. The van der Waals surface area contributed by atoms with Crippen LogP contribution in [0, 0.1) is 0 Å². The van der Waals surface area contributed by atoms with E-state index in [1.165, 1.54) is 18.4 Å². The van der Waals surface area contributed by atoms with Gasteiger partial charge in [-0.05, 0) is 24.8 Å². The summed E-state index contributed by atoms with van der Waals surface area (Å²) in [6, 6.07) is 11.2. The van der Waals surface area contributed by atoms with Crippen molar-refractivity contribution in [3.63, 3.8) is 0 Å². The molecule has 1 heterocycles. The summed E-state index contributed by atoms with van der Waals surface area (Å²) in [5.74, 6) is 1.52. The van der Waals surface area contributed by atoms with Crippen LogP contribution in [0.1, 0.15) is 30.7 Å². The van der Waals surface area contributed by atoms with E-state index < -0.39 is 0 Å². The van der Waals surface area contributed by atoms with E-state index in [1.54, 1.807) is 0 Å². The zero-order valence-corrected chi connectivity index (χ0v) is 14.7. The SMILES string of the molecule is CN=C(NCC1CCCO1)NC1CC1c1ccccc1.I. The number of benzene rings is 1. The van der Waals surface area contributed by atoms with Gasteiger partial charge in [-0.1, -0.05) is 30.3 Å². The second-order valence-electron chi connectivity index (χ2n) is 5.59. The molecule has 0 bridgehead atoms. The maximum atomic E-state index is 5.61. The number of halogens is 1. The molecule has 1 aliphatic heterocycles. The fourth-order valence-corrected chi connectivity index (χ4v) is 2.81. The summed E-state index contributed by atoms with van der Waals surface area (Å²) < 4.78 is 5.61. The molecule has 0 radical (unpaired) electrons. The predicted molar refractivity (Wildman–Crippen MR) is 96.5 cm³/mol. The minimum atomic E-state index is 0. The Labute approximate surface area is 143 Å². The third-order valence-corrected chi connectivity index (χ3v) is 4.09. The second-order valence-corrected chi connectivity index (χ2v) is 5.59. The highest BCUT2D eigenvalue weighted by Gasteiger charge is 2.38. The Morgan fingerprint density at radius 2 is 2.14 bits per heavy atom. The molecule has 5 heteroatoms. The van der Waals surface area contributed by atoms with Gasteiger partial charge in [-0.25, -0.2) is 0 Å². The first kappa shape index (κ1) is 16.5. The number of guanidine groups is 1. The number of nitrogens with zero attached hydrogens (tertiary/aromatic N) is 1. The van der Waals surface area contributed by atoms with Crippen LogP contribution in [0.2, 0.25) is 0 Å². The third-order valence-electron chi connectivity index (χ3n) is 4.09. The van der Waals surface area contributed by atoms with Crippen molar-refractivity contribution in [1.29, 1.82) is 0 Å². The Kier molecular flexibility index (Phi) is 6.29. The predicted octanol–water partition coefficient (Wildman–Crippen LogP) is 2.50. The van der Waals surface area contributed by atoms with Crippen LogP contribution in [0.25, 0.3) is 0 Å². The van der Waals surface area contributed by atoms with Gasteiger partial charge in [0.05, 0.1) is 6.10 Å². The average molecular weight is 401 g/mol. The first-order valence-corrected chi connectivity index (χ1v) is 7.50. The molecule has 3 unspecified atom stereocenters. The van der Waals surface area contributed by atoms with Gasteiger partial charge in [0.15, 0.2) is 5.96 Å². The topological polar surface area (TPSA) is 45.7 Å². The summed E-state index contributed by atoms with van der Waals surface area (Å²) in [4.78, 5) is 4.30. The van der Waals surface area contributed by atoms with E-state index in [-0.39, 0.29) is 24.0 Å². The van der Waals surface area contributed by atoms with Crippen molar-refractivity contribution >= 4 is 29.9 Å². The lowest BCUT2D eigenvalue weighted by molar-refractivity contribution is 0.114. The molecule has 1 aliphatic carbocycles. The summed E-state index contributed by atoms with van der Waals surface area (Å²) in [5.41, 5.74) is 1.42. The van der Waals surface area contributed by atoms with Crippen LogP contribution in [0.3, 0.4) is 0 Å². The van der Waals surface area contributed by atoms with Crippen molar-refractivity contribution in [2.24, 2.45) is 4.99 Å². The third kappa shape index (κ3) is 4.57. The Morgan fingerprint density at radius 1 is 1.33 bits per heavy atom. The number of rotatable bonds is 4. The smallest absolute Gasteiger partial charge is 0.191 e. The monoisotopic (exact) mass is 401 g/mol. The van der Waals surface area contributed by atoms with Gasteiger partial charge in [0.25, 0.3) is 0 Å². The van der Waals surface area contributed by atoms with Crippen molar-refractivity contribution in [3.05, 3.63) is 35.9 Å². The highest BCUT2D eigenvalue weighted by atomic mass is 127. The maximum absolute atomic E-state index is 5.61. The van der Waals surface area contributed by atoms with E-state index in [9.17, 15) is 0 Å². The average Bonchev–Trinajstić information content (AvgIpc) is 3.06. The van der Waals surface area contributed by atoms with Crippen molar-refractivity contribution < 1.29 is 4.74 Å². The largest absolute Gasteiger partial charge is 0.376 e. The van der Waals surface area contributed by atoms with Crippen LogP contribution in [0.15, 0.2) is 35.3 Å². The van der Waals surface area contributed by atoms with Gasteiger partial charge >= 0.3 is 0 Å². The van der Waals surface area contributed by atoms with E-state index in [2.05, 4.69) is 46.0 Å². The minimum Gasteiger partial charge on any atom is -0.376 e. The van der Waals surface area contributed by atoms with Gasteiger partial charge < -0.3 is 15.4 Å². The molecule has 116 valence electrons. The van der Waals surface area contributed by atoms with Crippen molar-refractivity contribution in [1.82, 2.24) is 10.6 Å². The molecule has 2 fully saturated rings. The van der Waals surface area contributed by atoms with E-state index in [1.807, 2.05) is 7.05 Å². The number of aliphatic imine (C=N–C) groups is 1. The van der Waals surface area contributed by atoms with Crippen LogP contribution in [-0.4, -0.2) is 38.3 Å². The van der Waals surface area contributed by atoms with Gasteiger partial charge in [-0.15, -0.1) is 24.0 Å². The summed E-state index contributed by atoms with van der Waals surface area (Å²) in [6.07, 6.45) is 3.86. The standard InChI is InChI=1S/C16H23N3O.HI/c1-17-16(18-11-13-8-5-9-20-13)19-15-10-14(15)12-6-3-2-4-7-12;/h2-4,6-7,13-15H,5,8-11H2,1H3,(H2,17,18,19);1H. The van der Waals surface area contributed by atoms with Crippen LogP contribution in [0.4, 0.5) is 0 Å². The molecule has 3 rings (SSSR count). The summed E-state index contributed by atoms with van der Waals surface area (Å²) in [7, 11) is 1.82. The van der Waals surface area contributed by atoms with Crippen LogP contribution in [-0.2, 0) is 4.74 Å². The molecule has 0 aromatic heterocycles.